The highest BCUT2D eigenvalue weighted by molar-refractivity contribution is 6.32. The number of aromatic hydroxyl groups is 1. The summed E-state index contributed by atoms with van der Waals surface area (Å²) in [5.41, 5.74) is 1.16. The fourth-order valence-electron chi connectivity index (χ4n) is 3.13. The Morgan fingerprint density at radius 2 is 2.05 bits per heavy atom. The summed E-state index contributed by atoms with van der Waals surface area (Å²) in [6.45, 7) is 7.73. The summed E-state index contributed by atoms with van der Waals surface area (Å²) in [6.07, 6.45) is 0. The van der Waals surface area contributed by atoms with Gasteiger partial charge in [-0.25, -0.2) is 0 Å². The van der Waals surface area contributed by atoms with Crippen LogP contribution in [0.3, 0.4) is 0 Å². The molecule has 4 heteroatoms. The van der Waals surface area contributed by atoms with Crippen molar-refractivity contribution in [2.24, 2.45) is 11.8 Å². The number of likely N-dealkylation sites (tertiary alicyclic amines) is 1. The molecule has 0 aliphatic carbocycles. The third-order valence-electron chi connectivity index (χ3n) is 4.35. The summed E-state index contributed by atoms with van der Waals surface area (Å²) in [5, 5.41) is 9.92. The Labute approximate surface area is 127 Å². The number of phenolic OH excluding ortho intramolecular Hbond substituents is 1. The van der Waals surface area contributed by atoms with E-state index >= 15 is 0 Å². The van der Waals surface area contributed by atoms with Gasteiger partial charge in [0, 0.05) is 25.7 Å². The Bertz CT molecular complexity index is 446. The van der Waals surface area contributed by atoms with Gasteiger partial charge in [-0.2, -0.15) is 0 Å². The van der Waals surface area contributed by atoms with E-state index in [1.54, 1.807) is 6.07 Å². The van der Waals surface area contributed by atoms with E-state index in [4.69, 9.17) is 11.6 Å². The van der Waals surface area contributed by atoms with Crippen LogP contribution < -0.4 is 0 Å². The van der Waals surface area contributed by atoms with Gasteiger partial charge < -0.3 is 10.0 Å². The Morgan fingerprint density at radius 1 is 1.35 bits per heavy atom. The summed E-state index contributed by atoms with van der Waals surface area (Å²) in [6, 6.07) is 6.11. The number of benzene rings is 1. The number of halogens is 1. The van der Waals surface area contributed by atoms with Gasteiger partial charge in [-0.3, -0.25) is 4.90 Å². The second kappa shape index (κ2) is 6.33. The molecule has 1 aromatic carbocycles. The van der Waals surface area contributed by atoms with Gasteiger partial charge in [-0.05, 0) is 43.6 Å². The molecule has 0 radical (unpaired) electrons. The third-order valence-corrected chi connectivity index (χ3v) is 4.65. The molecule has 112 valence electrons. The van der Waals surface area contributed by atoms with Crippen molar-refractivity contribution < 1.29 is 5.11 Å². The molecule has 0 saturated carbocycles. The predicted molar refractivity (Wildman–Crippen MR) is 84.2 cm³/mol. The molecular formula is C16H25ClN2O. The number of rotatable bonds is 4. The van der Waals surface area contributed by atoms with Crippen molar-refractivity contribution in [3.8, 4) is 5.75 Å². The van der Waals surface area contributed by atoms with Gasteiger partial charge in [0.05, 0.1) is 5.02 Å². The van der Waals surface area contributed by atoms with Crippen molar-refractivity contribution in [2.45, 2.75) is 26.4 Å². The van der Waals surface area contributed by atoms with E-state index in [9.17, 15) is 5.11 Å². The van der Waals surface area contributed by atoms with Crippen molar-refractivity contribution in [2.75, 3.05) is 27.2 Å². The van der Waals surface area contributed by atoms with Crippen molar-refractivity contribution in [1.29, 1.82) is 0 Å². The molecule has 1 aliphatic rings. The zero-order valence-corrected chi connectivity index (χ0v) is 13.6. The normalized spacial score (nSPS) is 23.9. The van der Waals surface area contributed by atoms with Gasteiger partial charge in [0.1, 0.15) is 5.75 Å². The first-order valence-electron chi connectivity index (χ1n) is 7.24. The monoisotopic (exact) mass is 296 g/mol. The molecule has 1 fully saturated rings. The molecule has 2 atom stereocenters. The molecule has 2 rings (SSSR count). The molecule has 20 heavy (non-hydrogen) atoms. The maximum Gasteiger partial charge on any atom is 0.134 e. The lowest BCUT2D eigenvalue weighted by Crippen LogP contribution is -2.37. The van der Waals surface area contributed by atoms with E-state index in [1.807, 2.05) is 12.1 Å². The van der Waals surface area contributed by atoms with E-state index in [1.165, 1.54) is 0 Å². The van der Waals surface area contributed by atoms with Gasteiger partial charge >= 0.3 is 0 Å². The van der Waals surface area contributed by atoms with E-state index in [0.29, 0.717) is 22.9 Å². The topological polar surface area (TPSA) is 26.7 Å². The van der Waals surface area contributed by atoms with Crippen LogP contribution in [0.15, 0.2) is 18.2 Å². The first kappa shape index (κ1) is 15.6. The smallest absolute Gasteiger partial charge is 0.134 e. The van der Waals surface area contributed by atoms with E-state index in [0.717, 1.165) is 25.2 Å². The minimum atomic E-state index is 0.156. The molecule has 1 saturated heterocycles. The standard InChI is InChI=1S/C16H25ClN2O/c1-11(2)13-9-19(10-15(13)18(3)4)8-12-5-6-16(20)14(17)7-12/h5-7,11,13,15,20H,8-10H2,1-4H3. The molecule has 0 bridgehead atoms. The maximum atomic E-state index is 9.48. The maximum absolute atomic E-state index is 9.48. The van der Waals surface area contributed by atoms with Crippen molar-refractivity contribution in [1.82, 2.24) is 9.80 Å². The Hall–Kier alpha value is -0.770. The molecule has 0 aromatic heterocycles. The van der Waals surface area contributed by atoms with Crippen LogP contribution in [0.25, 0.3) is 0 Å². The van der Waals surface area contributed by atoms with Crippen LogP contribution in [0.2, 0.25) is 5.02 Å². The first-order valence-corrected chi connectivity index (χ1v) is 7.62. The lowest BCUT2D eigenvalue weighted by molar-refractivity contribution is 0.215. The summed E-state index contributed by atoms with van der Waals surface area (Å²) in [4.78, 5) is 4.83. The van der Waals surface area contributed by atoms with Crippen LogP contribution >= 0.6 is 11.6 Å². The highest BCUT2D eigenvalue weighted by Gasteiger charge is 2.35. The lowest BCUT2D eigenvalue weighted by Gasteiger charge is -2.27. The zero-order chi connectivity index (χ0) is 14.9. The minimum absolute atomic E-state index is 0.156. The van der Waals surface area contributed by atoms with Crippen LogP contribution in [-0.4, -0.2) is 48.1 Å². The predicted octanol–water partition coefficient (Wildman–Crippen LogP) is 3.06. The molecule has 0 amide bonds. The SMILES string of the molecule is CC(C)C1CN(Cc2ccc(O)c(Cl)c2)CC1N(C)C. The molecule has 1 N–H and O–H groups in total. The quantitative estimate of drug-likeness (QED) is 0.925. The summed E-state index contributed by atoms with van der Waals surface area (Å²) >= 11 is 5.98. The van der Waals surface area contributed by atoms with Gasteiger partial charge in [0.25, 0.3) is 0 Å². The summed E-state index contributed by atoms with van der Waals surface area (Å²) in [5.74, 6) is 1.55. The number of hydrogen-bond donors (Lipinski definition) is 1. The zero-order valence-electron chi connectivity index (χ0n) is 12.8. The second-order valence-corrected chi connectivity index (χ2v) is 6.83. The second-order valence-electron chi connectivity index (χ2n) is 6.42. The van der Waals surface area contributed by atoms with Gasteiger partial charge in [-0.1, -0.05) is 31.5 Å². The molecule has 3 nitrogen and oxygen atoms in total. The number of hydrogen-bond acceptors (Lipinski definition) is 3. The highest BCUT2D eigenvalue weighted by Crippen LogP contribution is 2.29. The molecular weight excluding hydrogens is 272 g/mol. The molecule has 1 aromatic rings. The van der Waals surface area contributed by atoms with Crippen LogP contribution in [0.1, 0.15) is 19.4 Å². The van der Waals surface area contributed by atoms with Crippen molar-refractivity contribution >= 4 is 11.6 Å². The van der Waals surface area contributed by atoms with E-state index in [2.05, 4.69) is 37.7 Å². The van der Waals surface area contributed by atoms with Crippen molar-refractivity contribution in [3.05, 3.63) is 28.8 Å². The lowest BCUT2D eigenvalue weighted by atomic mass is 9.91. The summed E-state index contributed by atoms with van der Waals surface area (Å²) < 4.78 is 0. The number of nitrogens with zero attached hydrogens (tertiary/aromatic N) is 2. The number of phenols is 1. The van der Waals surface area contributed by atoms with Gasteiger partial charge in [0.15, 0.2) is 0 Å². The van der Waals surface area contributed by atoms with Gasteiger partial charge in [-0.15, -0.1) is 0 Å². The third kappa shape index (κ3) is 3.46. The fraction of sp³-hybridized carbons (Fsp3) is 0.625. The minimum Gasteiger partial charge on any atom is -0.506 e. The van der Waals surface area contributed by atoms with Crippen LogP contribution in [0.5, 0.6) is 5.75 Å². The molecule has 0 spiro atoms. The Morgan fingerprint density at radius 3 is 2.55 bits per heavy atom. The van der Waals surface area contributed by atoms with Gasteiger partial charge in [0.2, 0.25) is 0 Å². The highest BCUT2D eigenvalue weighted by atomic mass is 35.5. The van der Waals surface area contributed by atoms with Crippen molar-refractivity contribution in [3.63, 3.8) is 0 Å². The first-order chi connectivity index (χ1) is 9.38. The Balaban J connectivity index is 2.05. The summed E-state index contributed by atoms with van der Waals surface area (Å²) in [7, 11) is 4.34. The molecule has 2 unspecified atom stereocenters. The molecule has 1 aliphatic heterocycles. The van der Waals surface area contributed by atoms with Crippen LogP contribution in [-0.2, 0) is 6.54 Å². The Kier molecular flexibility index (Phi) is 4.95. The molecule has 1 heterocycles. The fourth-order valence-corrected chi connectivity index (χ4v) is 3.33. The van der Waals surface area contributed by atoms with E-state index in [-0.39, 0.29) is 5.75 Å². The average Bonchev–Trinajstić information content (AvgIpc) is 2.78. The van der Waals surface area contributed by atoms with Crippen LogP contribution in [0, 0.1) is 11.8 Å². The largest absolute Gasteiger partial charge is 0.506 e. The van der Waals surface area contributed by atoms with Crippen LogP contribution in [0.4, 0.5) is 0 Å². The number of likely N-dealkylation sites (N-methyl/N-ethyl adjacent to an activating group) is 1. The average molecular weight is 297 g/mol. The van der Waals surface area contributed by atoms with E-state index < -0.39 is 0 Å².